The zero-order chi connectivity index (χ0) is 25.6. The number of piperidine rings is 1. The van der Waals surface area contributed by atoms with Crippen LogP contribution in [0.15, 0.2) is 24.3 Å². The van der Waals surface area contributed by atoms with E-state index in [1.807, 2.05) is 37.8 Å². The molecule has 2 fully saturated rings. The number of nitrogens with zero attached hydrogens (tertiary/aromatic N) is 2. The average molecular weight is 486 g/mol. The third-order valence-electron chi connectivity index (χ3n) is 7.91. The highest BCUT2D eigenvalue weighted by molar-refractivity contribution is 5.92. The molecule has 196 valence electrons. The van der Waals surface area contributed by atoms with Crippen LogP contribution in [0.2, 0.25) is 0 Å². The Balaban J connectivity index is 1.52. The van der Waals surface area contributed by atoms with Gasteiger partial charge in [-0.25, -0.2) is 4.79 Å². The van der Waals surface area contributed by atoms with Crippen molar-refractivity contribution >= 4 is 12.0 Å². The second-order valence-electron chi connectivity index (χ2n) is 11.6. The molecule has 1 aromatic rings. The highest BCUT2D eigenvalue weighted by atomic mass is 16.6. The van der Waals surface area contributed by atoms with Gasteiger partial charge in [0, 0.05) is 30.7 Å². The second-order valence-corrected chi connectivity index (χ2v) is 11.6. The fourth-order valence-electron chi connectivity index (χ4n) is 5.90. The Kier molecular flexibility index (Phi) is 9.62. The van der Waals surface area contributed by atoms with Gasteiger partial charge in [-0.2, -0.15) is 0 Å². The summed E-state index contributed by atoms with van der Waals surface area (Å²) in [4.78, 5) is 29.1. The number of carbonyl (C=O) groups is 2. The summed E-state index contributed by atoms with van der Waals surface area (Å²) in [5, 5.41) is 0. The molecule has 2 unspecified atom stereocenters. The van der Waals surface area contributed by atoms with Crippen molar-refractivity contribution in [3.8, 4) is 0 Å². The van der Waals surface area contributed by atoms with Crippen molar-refractivity contribution in [2.45, 2.75) is 110 Å². The Morgan fingerprint density at radius 3 is 2.34 bits per heavy atom. The molecule has 3 rings (SSSR count). The van der Waals surface area contributed by atoms with Crippen LogP contribution in [-0.2, 0) is 4.74 Å². The van der Waals surface area contributed by atoms with Gasteiger partial charge in [0.2, 0.25) is 5.91 Å². The summed E-state index contributed by atoms with van der Waals surface area (Å²) >= 11 is 0. The highest BCUT2D eigenvalue weighted by Crippen LogP contribution is 2.43. The predicted molar refractivity (Wildman–Crippen MR) is 142 cm³/mol. The number of ether oxygens (including phenoxy) is 1. The van der Waals surface area contributed by atoms with Crippen LogP contribution < -0.4 is 5.73 Å². The van der Waals surface area contributed by atoms with E-state index in [9.17, 15) is 9.59 Å². The zero-order valence-electron chi connectivity index (χ0n) is 22.6. The molecule has 2 bridgehead atoms. The van der Waals surface area contributed by atoms with Crippen LogP contribution in [0, 0.1) is 5.92 Å². The zero-order valence-corrected chi connectivity index (χ0v) is 22.6. The summed E-state index contributed by atoms with van der Waals surface area (Å²) in [6.07, 6.45) is 8.90. The van der Waals surface area contributed by atoms with Crippen molar-refractivity contribution in [3.63, 3.8) is 0 Å². The maximum Gasteiger partial charge on any atom is 0.410 e. The molecule has 2 aliphatic rings. The molecule has 0 spiro atoms. The molecule has 1 aromatic carbocycles. The summed E-state index contributed by atoms with van der Waals surface area (Å²) in [5.74, 6) is 0.674. The number of amides is 2. The first-order valence-corrected chi connectivity index (χ1v) is 13.7. The number of carbonyl (C=O) groups excluding carboxylic acids is 2. The molecule has 2 saturated heterocycles. The molecule has 6 heteroatoms. The van der Waals surface area contributed by atoms with Gasteiger partial charge in [0.25, 0.3) is 0 Å². The van der Waals surface area contributed by atoms with Crippen LogP contribution in [0.4, 0.5) is 4.79 Å². The van der Waals surface area contributed by atoms with Crippen molar-refractivity contribution < 1.29 is 14.3 Å². The fourth-order valence-corrected chi connectivity index (χ4v) is 5.90. The normalized spacial score (nSPS) is 22.4. The van der Waals surface area contributed by atoms with Gasteiger partial charge in [0.05, 0.1) is 0 Å². The molecule has 2 aliphatic heterocycles. The van der Waals surface area contributed by atoms with E-state index in [2.05, 4.69) is 24.8 Å². The van der Waals surface area contributed by atoms with Crippen molar-refractivity contribution in [1.82, 2.24) is 9.80 Å². The monoisotopic (exact) mass is 485 g/mol. The lowest BCUT2D eigenvalue weighted by molar-refractivity contribution is 0.0210. The molecular weight excluding hydrogens is 438 g/mol. The molecule has 2 amide bonds. The standard InChI is InChI=1S/C29H47N3O3/c1-6-21(7-2)20-31(28(34)35-29(3,4)5)15-8-9-16-32-25-13-14-26(32)19-24(18-25)22-11-10-12-23(17-22)27(30)33/h10-12,17,21,24-26H,6-9,13-16,18-20H2,1-5H3,(H2,30,33). The minimum Gasteiger partial charge on any atom is -0.444 e. The summed E-state index contributed by atoms with van der Waals surface area (Å²) in [6.45, 7) is 12.8. The van der Waals surface area contributed by atoms with E-state index >= 15 is 0 Å². The first-order valence-electron chi connectivity index (χ1n) is 13.7. The fraction of sp³-hybridized carbons (Fsp3) is 0.724. The molecule has 6 nitrogen and oxygen atoms in total. The van der Waals surface area contributed by atoms with Crippen LogP contribution in [0.5, 0.6) is 0 Å². The van der Waals surface area contributed by atoms with E-state index in [4.69, 9.17) is 10.5 Å². The van der Waals surface area contributed by atoms with E-state index in [1.165, 1.54) is 18.4 Å². The quantitative estimate of drug-likeness (QED) is 0.393. The van der Waals surface area contributed by atoms with Gasteiger partial charge in [0.15, 0.2) is 0 Å². The lowest BCUT2D eigenvalue weighted by atomic mass is 9.84. The largest absolute Gasteiger partial charge is 0.444 e. The lowest BCUT2D eigenvalue weighted by Crippen LogP contribution is -2.43. The Bertz CT molecular complexity index is 832. The molecule has 0 radical (unpaired) electrons. The molecule has 2 heterocycles. The molecule has 0 saturated carbocycles. The van der Waals surface area contributed by atoms with Crippen LogP contribution in [-0.4, -0.2) is 59.1 Å². The van der Waals surface area contributed by atoms with Crippen LogP contribution in [0.1, 0.15) is 108 Å². The van der Waals surface area contributed by atoms with Crippen molar-refractivity contribution in [2.24, 2.45) is 11.7 Å². The number of hydrogen-bond donors (Lipinski definition) is 1. The third-order valence-corrected chi connectivity index (χ3v) is 7.91. The molecule has 2 N–H and O–H groups in total. The lowest BCUT2D eigenvalue weighted by Gasteiger charge is -2.39. The van der Waals surface area contributed by atoms with Crippen LogP contribution in [0.3, 0.4) is 0 Å². The summed E-state index contributed by atoms with van der Waals surface area (Å²) in [7, 11) is 0. The Morgan fingerprint density at radius 2 is 1.77 bits per heavy atom. The van der Waals surface area contributed by atoms with Gasteiger partial charge >= 0.3 is 6.09 Å². The predicted octanol–water partition coefficient (Wildman–Crippen LogP) is 5.95. The average Bonchev–Trinajstić information content (AvgIpc) is 3.04. The minimum absolute atomic E-state index is 0.177. The van der Waals surface area contributed by atoms with Gasteiger partial charge in [-0.3, -0.25) is 9.69 Å². The van der Waals surface area contributed by atoms with Crippen molar-refractivity contribution in [2.75, 3.05) is 19.6 Å². The Morgan fingerprint density at radius 1 is 1.11 bits per heavy atom. The SMILES string of the molecule is CCC(CC)CN(CCCCN1C2CCC1CC(c1cccc(C(N)=O)c1)C2)C(=O)OC(C)(C)C. The first kappa shape index (κ1) is 27.5. The van der Waals surface area contributed by atoms with E-state index in [0.29, 0.717) is 29.5 Å². The number of hydrogen-bond acceptors (Lipinski definition) is 4. The summed E-state index contributed by atoms with van der Waals surface area (Å²) in [5.41, 5.74) is 6.90. The maximum atomic E-state index is 12.8. The highest BCUT2D eigenvalue weighted by Gasteiger charge is 2.40. The Labute approximate surface area is 212 Å². The summed E-state index contributed by atoms with van der Waals surface area (Å²) < 4.78 is 5.71. The molecule has 2 atom stereocenters. The molecule has 35 heavy (non-hydrogen) atoms. The topological polar surface area (TPSA) is 75.9 Å². The van der Waals surface area contributed by atoms with E-state index < -0.39 is 5.60 Å². The number of nitrogens with two attached hydrogens (primary N) is 1. The van der Waals surface area contributed by atoms with Crippen LogP contribution in [0.25, 0.3) is 0 Å². The van der Waals surface area contributed by atoms with Gasteiger partial charge in [-0.15, -0.1) is 0 Å². The number of fused-ring (bicyclic) bond motifs is 2. The second kappa shape index (κ2) is 12.2. The maximum absolute atomic E-state index is 12.8. The smallest absolute Gasteiger partial charge is 0.410 e. The van der Waals surface area contributed by atoms with Crippen molar-refractivity contribution in [1.29, 1.82) is 0 Å². The van der Waals surface area contributed by atoms with Crippen molar-refractivity contribution in [3.05, 3.63) is 35.4 Å². The first-order chi connectivity index (χ1) is 16.6. The van der Waals surface area contributed by atoms with Gasteiger partial charge in [-0.05, 0) is 95.4 Å². The van der Waals surface area contributed by atoms with E-state index in [0.717, 1.165) is 58.2 Å². The van der Waals surface area contributed by atoms with Gasteiger partial charge in [0.1, 0.15) is 5.60 Å². The molecule has 0 aromatic heterocycles. The number of unbranched alkanes of at least 4 members (excludes halogenated alkanes) is 1. The third kappa shape index (κ3) is 7.70. The van der Waals surface area contributed by atoms with E-state index in [-0.39, 0.29) is 12.0 Å². The summed E-state index contributed by atoms with van der Waals surface area (Å²) in [6, 6.07) is 9.14. The molecule has 0 aliphatic carbocycles. The minimum atomic E-state index is -0.468. The number of rotatable bonds is 11. The Hall–Kier alpha value is -2.08. The van der Waals surface area contributed by atoms with Gasteiger partial charge in [-0.1, -0.05) is 38.8 Å². The van der Waals surface area contributed by atoms with Gasteiger partial charge < -0.3 is 15.4 Å². The molecular formula is C29H47N3O3. The van der Waals surface area contributed by atoms with E-state index in [1.54, 1.807) is 6.07 Å². The van der Waals surface area contributed by atoms with Crippen LogP contribution >= 0.6 is 0 Å². The number of primary amides is 1. The number of benzene rings is 1.